The molecule has 0 spiro atoms. The number of aromatic hydroxyl groups is 2. The zero-order valence-electron chi connectivity index (χ0n) is 16.2. The van der Waals surface area contributed by atoms with Gasteiger partial charge in [0, 0.05) is 17.1 Å². The van der Waals surface area contributed by atoms with E-state index in [9.17, 15) is 19.8 Å². The number of anilines is 2. The van der Waals surface area contributed by atoms with Crippen LogP contribution >= 0.6 is 0 Å². The highest BCUT2D eigenvalue weighted by Gasteiger charge is 2.46. The van der Waals surface area contributed by atoms with E-state index in [0.717, 1.165) is 5.69 Å². The molecule has 1 atom stereocenters. The zero-order chi connectivity index (χ0) is 21.3. The fraction of sp³-hybridized carbons (Fsp3) is 0.0833. The molecule has 1 saturated heterocycles. The Hall–Kier alpha value is -4.06. The molecule has 0 aromatic heterocycles. The first-order valence-corrected chi connectivity index (χ1v) is 9.44. The average molecular weight is 400 g/mol. The van der Waals surface area contributed by atoms with Crippen LogP contribution in [0.3, 0.4) is 0 Å². The highest BCUT2D eigenvalue weighted by Crippen LogP contribution is 2.41. The molecule has 3 aromatic rings. The molecule has 3 N–H and O–H groups in total. The number of benzene rings is 3. The largest absolute Gasteiger partial charge is 0.508 e. The summed E-state index contributed by atoms with van der Waals surface area (Å²) in [6, 6.07) is 21.2. The third-order valence-electron chi connectivity index (χ3n) is 5.01. The number of phenolic OH excluding ortho intramolecular Hbond substituents is 2. The number of nitrogens with one attached hydrogen (secondary N) is 1. The van der Waals surface area contributed by atoms with Crippen molar-refractivity contribution in [2.24, 2.45) is 0 Å². The SMILES string of the molecule is CC(Nc1ccccc1)=C1C(=O)C(=O)N(c2ccc(O)cc2)C1c1cccc(O)c1. The van der Waals surface area contributed by atoms with E-state index in [0.29, 0.717) is 22.5 Å². The normalized spacial score (nSPS) is 17.9. The van der Waals surface area contributed by atoms with Gasteiger partial charge in [-0.2, -0.15) is 0 Å². The maximum atomic E-state index is 13.1. The van der Waals surface area contributed by atoms with Crippen LogP contribution in [0.15, 0.2) is 90.1 Å². The van der Waals surface area contributed by atoms with Crippen molar-refractivity contribution in [2.75, 3.05) is 10.2 Å². The molecule has 1 aliphatic heterocycles. The molecule has 0 saturated carbocycles. The number of amides is 1. The molecule has 1 fully saturated rings. The molecule has 4 rings (SSSR count). The summed E-state index contributed by atoms with van der Waals surface area (Å²) < 4.78 is 0. The Kier molecular flexibility index (Phi) is 4.98. The minimum atomic E-state index is -0.724. The van der Waals surface area contributed by atoms with Gasteiger partial charge in [-0.05, 0) is 61.0 Å². The molecule has 6 heteroatoms. The van der Waals surface area contributed by atoms with Crippen LogP contribution in [0, 0.1) is 0 Å². The number of para-hydroxylation sites is 1. The number of ketones is 1. The molecule has 0 radical (unpaired) electrons. The third-order valence-corrected chi connectivity index (χ3v) is 5.01. The lowest BCUT2D eigenvalue weighted by Crippen LogP contribution is -2.29. The van der Waals surface area contributed by atoms with E-state index in [1.807, 2.05) is 30.3 Å². The lowest BCUT2D eigenvalue weighted by atomic mass is 9.96. The van der Waals surface area contributed by atoms with Gasteiger partial charge in [0.05, 0.1) is 11.6 Å². The lowest BCUT2D eigenvalue weighted by molar-refractivity contribution is -0.132. The molecule has 6 nitrogen and oxygen atoms in total. The quantitative estimate of drug-likeness (QED) is 0.452. The number of rotatable bonds is 4. The van der Waals surface area contributed by atoms with Crippen LogP contribution in [0.2, 0.25) is 0 Å². The van der Waals surface area contributed by atoms with Crippen molar-refractivity contribution in [1.82, 2.24) is 0 Å². The van der Waals surface area contributed by atoms with Crippen molar-refractivity contribution in [3.8, 4) is 11.5 Å². The van der Waals surface area contributed by atoms with E-state index in [1.54, 1.807) is 37.3 Å². The number of nitrogens with zero attached hydrogens (tertiary/aromatic N) is 1. The smallest absolute Gasteiger partial charge is 0.300 e. The van der Waals surface area contributed by atoms with Gasteiger partial charge >= 0.3 is 0 Å². The van der Waals surface area contributed by atoms with Crippen LogP contribution in [0.25, 0.3) is 0 Å². The molecule has 0 bridgehead atoms. The highest BCUT2D eigenvalue weighted by atomic mass is 16.3. The monoisotopic (exact) mass is 400 g/mol. The topological polar surface area (TPSA) is 89.9 Å². The number of hydrogen-bond donors (Lipinski definition) is 3. The Morgan fingerprint density at radius 2 is 1.57 bits per heavy atom. The average Bonchev–Trinajstić information content (AvgIpc) is 3.00. The zero-order valence-corrected chi connectivity index (χ0v) is 16.2. The van der Waals surface area contributed by atoms with Gasteiger partial charge in [0.25, 0.3) is 11.7 Å². The van der Waals surface area contributed by atoms with Crippen molar-refractivity contribution in [1.29, 1.82) is 0 Å². The van der Waals surface area contributed by atoms with Gasteiger partial charge < -0.3 is 15.5 Å². The van der Waals surface area contributed by atoms with E-state index in [2.05, 4.69) is 5.32 Å². The van der Waals surface area contributed by atoms with Gasteiger partial charge in [0.2, 0.25) is 0 Å². The Balaban J connectivity index is 1.87. The molecular weight excluding hydrogens is 380 g/mol. The Morgan fingerprint density at radius 3 is 2.23 bits per heavy atom. The van der Waals surface area contributed by atoms with Crippen LogP contribution < -0.4 is 10.2 Å². The first-order chi connectivity index (χ1) is 14.5. The summed E-state index contributed by atoms with van der Waals surface area (Å²) in [6.07, 6.45) is 0. The summed E-state index contributed by atoms with van der Waals surface area (Å²) >= 11 is 0. The van der Waals surface area contributed by atoms with E-state index in [-0.39, 0.29) is 11.5 Å². The fourth-order valence-corrected chi connectivity index (χ4v) is 3.67. The maximum Gasteiger partial charge on any atom is 0.300 e. The van der Waals surface area contributed by atoms with Gasteiger partial charge in [-0.15, -0.1) is 0 Å². The predicted molar refractivity (Wildman–Crippen MR) is 114 cm³/mol. The van der Waals surface area contributed by atoms with Crippen LogP contribution in [-0.4, -0.2) is 21.9 Å². The fourth-order valence-electron chi connectivity index (χ4n) is 3.67. The third kappa shape index (κ3) is 3.51. The summed E-state index contributed by atoms with van der Waals surface area (Å²) in [5.41, 5.74) is 2.73. The summed E-state index contributed by atoms with van der Waals surface area (Å²) in [4.78, 5) is 27.5. The minimum absolute atomic E-state index is 0.0398. The first-order valence-electron chi connectivity index (χ1n) is 9.44. The maximum absolute atomic E-state index is 13.1. The van der Waals surface area contributed by atoms with Crippen molar-refractivity contribution in [2.45, 2.75) is 13.0 Å². The summed E-state index contributed by atoms with van der Waals surface area (Å²) in [6.45, 7) is 1.75. The summed E-state index contributed by atoms with van der Waals surface area (Å²) in [5, 5.41) is 22.8. The lowest BCUT2D eigenvalue weighted by Gasteiger charge is -2.26. The number of carbonyl (C=O) groups is 2. The Labute approximate surface area is 173 Å². The number of Topliss-reactive ketones (excluding diaryl/α,β-unsaturated/α-hetero) is 1. The molecule has 150 valence electrons. The second-order valence-corrected chi connectivity index (χ2v) is 7.05. The molecule has 1 unspecified atom stereocenters. The van der Waals surface area contributed by atoms with Crippen LogP contribution in [0.5, 0.6) is 11.5 Å². The molecule has 1 aliphatic rings. The Morgan fingerprint density at radius 1 is 0.867 bits per heavy atom. The number of phenols is 2. The summed E-state index contributed by atoms with van der Waals surface area (Å²) in [7, 11) is 0. The molecule has 3 aromatic carbocycles. The molecule has 1 heterocycles. The van der Waals surface area contributed by atoms with E-state index < -0.39 is 17.7 Å². The van der Waals surface area contributed by atoms with Gasteiger partial charge in [-0.3, -0.25) is 14.5 Å². The van der Waals surface area contributed by atoms with Crippen LogP contribution in [0.1, 0.15) is 18.5 Å². The van der Waals surface area contributed by atoms with Crippen LogP contribution in [-0.2, 0) is 9.59 Å². The first kappa shape index (κ1) is 19.3. The van der Waals surface area contributed by atoms with E-state index >= 15 is 0 Å². The van der Waals surface area contributed by atoms with Crippen LogP contribution in [0.4, 0.5) is 11.4 Å². The number of carbonyl (C=O) groups excluding carboxylic acids is 2. The minimum Gasteiger partial charge on any atom is -0.508 e. The molecule has 30 heavy (non-hydrogen) atoms. The van der Waals surface area contributed by atoms with Gasteiger partial charge in [-0.1, -0.05) is 30.3 Å². The second kappa shape index (κ2) is 7.75. The predicted octanol–water partition coefficient (Wildman–Crippen LogP) is 4.14. The number of allylic oxidation sites excluding steroid dienone is 1. The van der Waals surface area contributed by atoms with E-state index in [1.165, 1.54) is 23.1 Å². The van der Waals surface area contributed by atoms with Crippen molar-refractivity contribution >= 4 is 23.1 Å². The summed E-state index contributed by atoms with van der Waals surface area (Å²) in [5.74, 6) is -1.18. The van der Waals surface area contributed by atoms with Gasteiger partial charge in [0.15, 0.2) is 0 Å². The standard InChI is InChI=1S/C24H20N2O4/c1-15(25-17-7-3-2-4-8-17)21-22(16-6-5-9-20(28)14-16)26(24(30)23(21)29)18-10-12-19(27)13-11-18/h2-14,22,25,27-28H,1H3. The Bertz CT molecular complexity index is 1140. The van der Waals surface area contributed by atoms with Crippen molar-refractivity contribution < 1.29 is 19.8 Å². The van der Waals surface area contributed by atoms with Gasteiger partial charge in [0.1, 0.15) is 11.5 Å². The van der Waals surface area contributed by atoms with Gasteiger partial charge in [-0.25, -0.2) is 0 Å². The molecule has 0 aliphatic carbocycles. The van der Waals surface area contributed by atoms with E-state index in [4.69, 9.17) is 0 Å². The van der Waals surface area contributed by atoms with Crippen molar-refractivity contribution in [3.05, 3.63) is 95.7 Å². The molecule has 1 amide bonds. The number of hydrogen-bond acceptors (Lipinski definition) is 5. The van der Waals surface area contributed by atoms with Crippen molar-refractivity contribution in [3.63, 3.8) is 0 Å². The highest BCUT2D eigenvalue weighted by molar-refractivity contribution is 6.51. The molecular formula is C24H20N2O4. The second-order valence-electron chi connectivity index (χ2n) is 7.05.